The minimum Gasteiger partial charge on any atom is -0.504 e. The summed E-state index contributed by atoms with van der Waals surface area (Å²) in [6, 6.07) is 6.46. The molecule has 3 N–H and O–H groups in total. The van der Waals surface area contributed by atoms with Crippen molar-refractivity contribution in [2.45, 2.75) is 19.5 Å². The number of para-hydroxylation sites is 1. The van der Waals surface area contributed by atoms with Gasteiger partial charge in [0.15, 0.2) is 11.5 Å². The van der Waals surface area contributed by atoms with E-state index in [9.17, 15) is 14.9 Å². The highest BCUT2D eigenvalue weighted by Gasteiger charge is 2.45. The summed E-state index contributed by atoms with van der Waals surface area (Å²) < 4.78 is 29.1. The fraction of sp³-hybridized carbons (Fsp3) is 0.357. The molecule has 7 nitrogen and oxygen atoms in total. The lowest BCUT2D eigenvalue weighted by molar-refractivity contribution is 0.213. The molecule has 0 fully saturated rings. The number of allylic oxidation sites excluding steroid dienone is 1. The highest BCUT2D eigenvalue weighted by molar-refractivity contribution is 7.54. The standard InChI is InChI=1S/C14H17N2O5P/c1-3-19-22(18,20-4-2)13-9-6-5-7-11(17)12(9)21-14(16)10(13)8-15/h5-7,13,17H,3-4,16H2,1-2H3. The van der Waals surface area contributed by atoms with Crippen molar-refractivity contribution in [3.05, 3.63) is 35.2 Å². The molecule has 0 saturated carbocycles. The van der Waals surface area contributed by atoms with Gasteiger partial charge < -0.3 is 24.6 Å². The number of phenolic OH excluding ortho intramolecular Hbond substituents is 1. The summed E-state index contributed by atoms with van der Waals surface area (Å²) in [5.41, 5.74) is 5.02. The number of aromatic hydroxyl groups is 1. The molecule has 2 rings (SSSR count). The maximum absolute atomic E-state index is 13.1. The van der Waals surface area contributed by atoms with Gasteiger partial charge in [-0.15, -0.1) is 0 Å². The van der Waals surface area contributed by atoms with E-state index in [1.165, 1.54) is 6.07 Å². The Labute approximate surface area is 128 Å². The van der Waals surface area contributed by atoms with Crippen molar-refractivity contribution in [1.29, 1.82) is 5.26 Å². The molecule has 22 heavy (non-hydrogen) atoms. The van der Waals surface area contributed by atoms with Gasteiger partial charge in [0, 0.05) is 5.56 Å². The van der Waals surface area contributed by atoms with Gasteiger partial charge in [-0.2, -0.15) is 5.26 Å². The molecular weight excluding hydrogens is 307 g/mol. The highest BCUT2D eigenvalue weighted by atomic mass is 31.2. The average Bonchev–Trinajstić information content (AvgIpc) is 2.47. The third kappa shape index (κ3) is 2.69. The first-order valence-corrected chi connectivity index (χ1v) is 8.37. The second-order valence-corrected chi connectivity index (χ2v) is 6.58. The minimum atomic E-state index is -3.71. The van der Waals surface area contributed by atoms with Crippen molar-refractivity contribution in [2.24, 2.45) is 5.73 Å². The summed E-state index contributed by atoms with van der Waals surface area (Å²) in [4.78, 5) is 0. The summed E-state index contributed by atoms with van der Waals surface area (Å²) in [5.74, 6) is -0.327. The van der Waals surface area contributed by atoms with Crippen molar-refractivity contribution in [3.63, 3.8) is 0 Å². The van der Waals surface area contributed by atoms with Crippen LogP contribution in [0.2, 0.25) is 0 Å². The SMILES string of the molecule is CCOP(=O)(OCC)C1C(C#N)=C(N)Oc2c(O)cccc21. The maximum Gasteiger partial charge on any atom is 0.343 e. The first kappa shape index (κ1) is 16.4. The Morgan fingerprint density at radius 3 is 2.59 bits per heavy atom. The van der Waals surface area contributed by atoms with Crippen LogP contribution in [0.25, 0.3) is 0 Å². The Morgan fingerprint density at radius 2 is 2.05 bits per heavy atom. The van der Waals surface area contributed by atoms with E-state index < -0.39 is 13.3 Å². The lowest BCUT2D eigenvalue weighted by Crippen LogP contribution is -2.21. The molecule has 0 spiro atoms. The number of hydrogen-bond acceptors (Lipinski definition) is 7. The second-order valence-electron chi connectivity index (χ2n) is 4.47. The highest BCUT2D eigenvalue weighted by Crippen LogP contribution is 2.66. The zero-order valence-electron chi connectivity index (χ0n) is 12.3. The topological polar surface area (TPSA) is 115 Å². The lowest BCUT2D eigenvalue weighted by atomic mass is 10.0. The Bertz CT molecular complexity index is 685. The van der Waals surface area contributed by atoms with Crippen LogP contribution in [-0.4, -0.2) is 18.3 Å². The van der Waals surface area contributed by atoms with E-state index in [2.05, 4.69) is 0 Å². The van der Waals surface area contributed by atoms with Crippen LogP contribution in [0.15, 0.2) is 29.7 Å². The molecule has 8 heteroatoms. The predicted octanol–water partition coefficient (Wildman–Crippen LogP) is 2.79. The molecule has 0 bridgehead atoms. The molecule has 0 amide bonds. The molecule has 0 aliphatic carbocycles. The van der Waals surface area contributed by atoms with Crippen LogP contribution in [0, 0.1) is 11.3 Å². The quantitative estimate of drug-likeness (QED) is 0.800. The summed E-state index contributed by atoms with van der Waals surface area (Å²) >= 11 is 0. The molecule has 1 atom stereocenters. The minimum absolute atomic E-state index is 0.0386. The number of benzene rings is 1. The molecule has 118 valence electrons. The van der Waals surface area contributed by atoms with Gasteiger partial charge in [0.05, 0.1) is 13.2 Å². The van der Waals surface area contributed by atoms with E-state index >= 15 is 0 Å². The number of rotatable bonds is 5. The predicted molar refractivity (Wildman–Crippen MR) is 79.2 cm³/mol. The van der Waals surface area contributed by atoms with E-state index in [1.807, 2.05) is 6.07 Å². The Morgan fingerprint density at radius 1 is 1.41 bits per heavy atom. The Balaban J connectivity index is 2.68. The van der Waals surface area contributed by atoms with Gasteiger partial charge in [0.25, 0.3) is 0 Å². The summed E-state index contributed by atoms with van der Waals surface area (Å²) in [7, 11) is -3.71. The Hall–Kier alpha value is -2.00. The Kier molecular flexibility index (Phi) is 4.77. The smallest absolute Gasteiger partial charge is 0.343 e. The number of nitriles is 1. The van der Waals surface area contributed by atoms with Crippen molar-refractivity contribution in [2.75, 3.05) is 13.2 Å². The number of fused-ring (bicyclic) bond motifs is 1. The second kappa shape index (κ2) is 6.41. The maximum atomic E-state index is 13.1. The third-order valence-electron chi connectivity index (χ3n) is 3.12. The van der Waals surface area contributed by atoms with Crippen LogP contribution in [0.5, 0.6) is 11.5 Å². The van der Waals surface area contributed by atoms with E-state index in [0.717, 1.165) is 0 Å². The molecular formula is C14H17N2O5P. The summed E-state index contributed by atoms with van der Waals surface area (Å²) in [6.45, 7) is 3.63. The molecule has 1 unspecified atom stereocenters. The number of nitrogens with two attached hydrogens (primary N) is 1. The molecule has 1 aliphatic heterocycles. The zero-order valence-corrected chi connectivity index (χ0v) is 13.2. The molecule has 1 heterocycles. The van der Waals surface area contributed by atoms with E-state index in [4.69, 9.17) is 19.5 Å². The van der Waals surface area contributed by atoms with Crippen molar-refractivity contribution in [3.8, 4) is 17.6 Å². The largest absolute Gasteiger partial charge is 0.504 e. The van der Waals surface area contributed by atoms with Gasteiger partial charge in [0.1, 0.15) is 17.3 Å². The van der Waals surface area contributed by atoms with Gasteiger partial charge in [0.2, 0.25) is 5.88 Å². The van der Waals surface area contributed by atoms with Gasteiger partial charge in [-0.3, -0.25) is 4.57 Å². The van der Waals surface area contributed by atoms with Gasteiger partial charge in [-0.1, -0.05) is 12.1 Å². The molecule has 1 aromatic rings. The number of hydrogen-bond donors (Lipinski definition) is 2. The van der Waals surface area contributed by atoms with E-state index in [1.54, 1.807) is 26.0 Å². The fourth-order valence-electron chi connectivity index (χ4n) is 2.31. The van der Waals surface area contributed by atoms with Crippen LogP contribution in [-0.2, 0) is 13.6 Å². The average molecular weight is 324 g/mol. The van der Waals surface area contributed by atoms with E-state index in [0.29, 0.717) is 5.56 Å². The lowest BCUT2D eigenvalue weighted by Gasteiger charge is -2.31. The summed E-state index contributed by atoms with van der Waals surface area (Å²) in [6.07, 6.45) is 0. The normalized spacial score (nSPS) is 17.6. The molecule has 1 aromatic carbocycles. The monoisotopic (exact) mass is 324 g/mol. The van der Waals surface area contributed by atoms with Crippen molar-refractivity contribution in [1.82, 2.24) is 0 Å². The molecule has 0 aromatic heterocycles. The third-order valence-corrected chi connectivity index (χ3v) is 5.53. The summed E-state index contributed by atoms with van der Waals surface area (Å²) in [5, 5.41) is 19.3. The van der Waals surface area contributed by atoms with Gasteiger partial charge >= 0.3 is 7.60 Å². The van der Waals surface area contributed by atoms with Crippen LogP contribution in [0.1, 0.15) is 25.1 Å². The van der Waals surface area contributed by atoms with Crippen LogP contribution in [0.3, 0.4) is 0 Å². The molecule has 0 radical (unpaired) electrons. The first-order chi connectivity index (χ1) is 10.5. The number of nitrogens with zero attached hydrogens (tertiary/aromatic N) is 1. The zero-order chi connectivity index (χ0) is 16.3. The van der Waals surface area contributed by atoms with Crippen LogP contribution < -0.4 is 10.5 Å². The first-order valence-electron chi connectivity index (χ1n) is 6.76. The van der Waals surface area contributed by atoms with Crippen molar-refractivity contribution >= 4 is 7.60 Å². The van der Waals surface area contributed by atoms with Gasteiger partial charge in [-0.05, 0) is 19.9 Å². The van der Waals surface area contributed by atoms with Gasteiger partial charge in [-0.25, -0.2) is 0 Å². The molecule has 0 saturated heterocycles. The fourth-order valence-corrected chi connectivity index (χ4v) is 4.45. The number of ether oxygens (including phenoxy) is 1. The van der Waals surface area contributed by atoms with E-state index in [-0.39, 0.29) is 36.2 Å². The van der Waals surface area contributed by atoms with Crippen molar-refractivity contribution < 1.29 is 23.5 Å². The van der Waals surface area contributed by atoms with Crippen LogP contribution in [0.4, 0.5) is 0 Å². The van der Waals surface area contributed by atoms with Crippen LogP contribution >= 0.6 is 7.60 Å². The number of phenols is 1. The molecule has 1 aliphatic rings.